The molecule has 0 radical (unpaired) electrons. The summed E-state index contributed by atoms with van der Waals surface area (Å²) in [5.74, 6) is -0.184. The number of hydrogen-bond donors (Lipinski definition) is 1. The third kappa shape index (κ3) is 4.42. The highest BCUT2D eigenvalue weighted by molar-refractivity contribution is 5.87. The molecule has 1 unspecified atom stereocenters. The van der Waals surface area contributed by atoms with E-state index in [1.54, 1.807) is 12.1 Å². The molecule has 1 aliphatic rings. The number of carbonyl (C=O) groups is 1. The maximum absolute atomic E-state index is 10.9. The lowest BCUT2D eigenvalue weighted by Gasteiger charge is -2.16. The first-order valence-corrected chi connectivity index (χ1v) is 8.23. The Balaban J connectivity index is 1.41. The van der Waals surface area contributed by atoms with E-state index in [2.05, 4.69) is 10.00 Å². The molecule has 23 heavy (non-hydrogen) atoms. The number of aromatic nitrogens is 2. The van der Waals surface area contributed by atoms with Crippen LogP contribution >= 0.6 is 0 Å². The van der Waals surface area contributed by atoms with Gasteiger partial charge in [0.25, 0.3) is 0 Å². The summed E-state index contributed by atoms with van der Waals surface area (Å²) in [6.07, 6.45) is 7.22. The van der Waals surface area contributed by atoms with Crippen LogP contribution in [-0.4, -0.2) is 45.4 Å². The minimum atomic E-state index is -0.860. The first-order chi connectivity index (χ1) is 11.2. The number of carboxylic acid groups (broad SMARTS) is 1. The molecule has 0 amide bonds. The van der Waals surface area contributed by atoms with Gasteiger partial charge in [0, 0.05) is 25.5 Å². The Labute approximate surface area is 136 Å². The van der Waals surface area contributed by atoms with Crippen LogP contribution in [0.1, 0.15) is 28.8 Å². The van der Waals surface area contributed by atoms with E-state index in [0.717, 1.165) is 39.0 Å². The summed E-state index contributed by atoms with van der Waals surface area (Å²) in [7, 11) is 0. The minimum Gasteiger partial charge on any atom is -0.478 e. The van der Waals surface area contributed by atoms with Gasteiger partial charge in [0.2, 0.25) is 0 Å². The van der Waals surface area contributed by atoms with Crippen LogP contribution < -0.4 is 0 Å². The van der Waals surface area contributed by atoms with Crippen LogP contribution in [-0.2, 0) is 13.0 Å². The van der Waals surface area contributed by atoms with Crippen molar-refractivity contribution in [3.05, 3.63) is 53.9 Å². The quantitative estimate of drug-likeness (QED) is 0.853. The highest BCUT2D eigenvalue weighted by atomic mass is 16.4. The number of aromatic carboxylic acids is 1. The Morgan fingerprint density at radius 1 is 1.26 bits per heavy atom. The van der Waals surface area contributed by atoms with Crippen LogP contribution in [0.15, 0.2) is 42.7 Å². The molecule has 0 bridgehead atoms. The van der Waals surface area contributed by atoms with Gasteiger partial charge in [-0.25, -0.2) is 4.79 Å². The van der Waals surface area contributed by atoms with Crippen molar-refractivity contribution in [3.8, 4) is 0 Å². The summed E-state index contributed by atoms with van der Waals surface area (Å²) in [4.78, 5) is 13.4. The molecule has 2 heterocycles. The average Bonchev–Trinajstić information content (AvgIpc) is 3.20. The number of nitrogens with zero attached hydrogens (tertiary/aromatic N) is 3. The van der Waals surface area contributed by atoms with Crippen molar-refractivity contribution >= 4 is 5.97 Å². The van der Waals surface area contributed by atoms with Crippen LogP contribution in [0.4, 0.5) is 0 Å². The molecular weight excluding hydrogens is 290 g/mol. The van der Waals surface area contributed by atoms with Gasteiger partial charge < -0.3 is 10.0 Å². The zero-order valence-corrected chi connectivity index (χ0v) is 13.3. The van der Waals surface area contributed by atoms with Gasteiger partial charge in [-0.15, -0.1) is 0 Å². The van der Waals surface area contributed by atoms with Crippen LogP contribution in [0.3, 0.4) is 0 Å². The second kappa shape index (κ2) is 7.42. The molecule has 5 heteroatoms. The van der Waals surface area contributed by atoms with Crippen molar-refractivity contribution in [2.45, 2.75) is 25.8 Å². The third-order valence-corrected chi connectivity index (χ3v) is 4.52. The second-order valence-corrected chi connectivity index (χ2v) is 6.28. The maximum Gasteiger partial charge on any atom is 0.335 e. The van der Waals surface area contributed by atoms with Crippen LogP contribution in [0.5, 0.6) is 0 Å². The van der Waals surface area contributed by atoms with E-state index in [1.807, 2.05) is 35.3 Å². The first-order valence-electron chi connectivity index (χ1n) is 8.23. The third-order valence-electron chi connectivity index (χ3n) is 4.52. The van der Waals surface area contributed by atoms with E-state index < -0.39 is 5.97 Å². The molecule has 1 N–H and O–H groups in total. The smallest absolute Gasteiger partial charge is 0.335 e. The number of rotatable bonds is 7. The molecule has 1 aliphatic heterocycles. The Morgan fingerprint density at radius 3 is 2.78 bits per heavy atom. The maximum atomic E-state index is 10.9. The van der Waals surface area contributed by atoms with E-state index in [4.69, 9.17) is 5.11 Å². The molecule has 1 fully saturated rings. The van der Waals surface area contributed by atoms with E-state index in [9.17, 15) is 4.79 Å². The molecular formula is C18H23N3O2. The molecule has 1 atom stereocenters. The summed E-state index contributed by atoms with van der Waals surface area (Å²) in [6, 6.07) is 9.26. The summed E-state index contributed by atoms with van der Waals surface area (Å²) in [5, 5.41) is 13.2. The summed E-state index contributed by atoms with van der Waals surface area (Å²) >= 11 is 0. The van der Waals surface area contributed by atoms with Crippen LogP contribution in [0.25, 0.3) is 0 Å². The standard InChI is InChI=1S/C18H23N3O2/c22-18(23)17-5-3-15(4-6-17)13-16-7-12-20(14-16)9-2-11-21-10-1-8-19-21/h1,3-6,8,10,16H,2,7,9,11-14H2,(H,22,23). The van der Waals surface area contributed by atoms with E-state index in [-0.39, 0.29) is 0 Å². The fourth-order valence-electron chi connectivity index (χ4n) is 3.29. The predicted octanol–water partition coefficient (Wildman–Crippen LogP) is 2.54. The molecule has 0 aliphatic carbocycles. The van der Waals surface area contributed by atoms with Crippen molar-refractivity contribution in [2.75, 3.05) is 19.6 Å². The SMILES string of the molecule is O=C(O)c1ccc(CC2CCN(CCCn3cccn3)C2)cc1. The molecule has 2 aromatic rings. The number of aryl methyl sites for hydroxylation is 1. The number of carboxylic acids is 1. The van der Waals surface area contributed by atoms with Crippen molar-refractivity contribution in [1.29, 1.82) is 0 Å². The van der Waals surface area contributed by atoms with Crippen LogP contribution in [0.2, 0.25) is 0 Å². The van der Waals surface area contributed by atoms with Crippen molar-refractivity contribution < 1.29 is 9.90 Å². The number of likely N-dealkylation sites (tertiary alicyclic amines) is 1. The van der Waals surface area contributed by atoms with Gasteiger partial charge >= 0.3 is 5.97 Å². The Bertz CT molecular complexity index is 622. The van der Waals surface area contributed by atoms with E-state index in [1.165, 1.54) is 12.0 Å². The second-order valence-electron chi connectivity index (χ2n) is 6.28. The van der Waals surface area contributed by atoms with E-state index in [0.29, 0.717) is 11.5 Å². The fourth-order valence-corrected chi connectivity index (χ4v) is 3.29. The zero-order chi connectivity index (χ0) is 16.1. The highest BCUT2D eigenvalue weighted by Crippen LogP contribution is 2.21. The lowest BCUT2D eigenvalue weighted by atomic mass is 9.98. The zero-order valence-electron chi connectivity index (χ0n) is 13.3. The van der Waals surface area contributed by atoms with Gasteiger partial charge in [-0.05, 0) is 62.0 Å². The number of benzene rings is 1. The lowest BCUT2D eigenvalue weighted by molar-refractivity contribution is 0.0697. The highest BCUT2D eigenvalue weighted by Gasteiger charge is 2.22. The molecule has 3 rings (SSSR count). The predicted molar refractivity (Wildman–Crippen MR) is 88.5 cm³/mol. The summed E-state index contributed by atoms with van der Waals surface area (Å²) in [5.41, 5.74) is 1.60. The lowest BCUT2D eigenvalue weighted by Crippen LogP contribution is -2.23. The van der Waals surface area contributed by atoms with Gasteiger partial charge in [-0.2, -0.15) is 5.10 Å². The topological polar surface area (TPSA) is 58.4 Å². The van der Waals surface area contributed by atoms with Gasteiger partial charge in [0.15, 0.2) is 0 Å². The minimum absolute atomic E-state index is 0.361. The van der Waals surface area contributed by atoms with E-state index >= 15 is 0 Å². The summed E-state index contributed by atoms with van der Waals surface area (Å²) in [6.45, 7) is 4.40. The molecule has 0 spiro atoms. The van der Waals surface area contributed by atoms with Crippen LogP contribution in [0, 0.1) is 5.92 Å². The average molecular weight is 313 g/mol. The Kier molecular flexibility index (Phi) is 5.08. The molecule has 0 saturated carbocycles. The van der Waals surface area contributed by atoms with Crippen molar-refractivity contribution in [1.82, 2.24) is 14.7 Å². The fraction of sp³-hybridized carbons (Fsp3) is 0.444. The van der Waals surface area contributed by atoms with Gasteiger partial charge in [0.1, 0.15) is 0 Å². The van der Waals surface area contributed by atoms with Crippen molar-refractivity contribution in [3.63, 3.8) is 0 Å². The molecule has 1 saturated heterocycles. The monoisotopic (exact) mass is 313 g/mol. The van der Waals surface area contributed by atoms with Gasteiger partial charge in [-0.3, -0.25) is 4.68 Å². The van der Waals surface area contributed by atoms with Gasteiger partial charge in [0.05, 0.1) is 5.56 Å². The Morgan fingerprint density at radius 2 is 2.09 bits per heavy atom. The Hall–Kier alpha value is -2.14. The molecule has 5 nitrogen and oxygen atoms in total. The van der Waals surface area contributed by atoms with Crippen molar-refractivity contribution in [2.24, 2.45) is 5.92 Å². The van der Waals surface area contributed by atoms with Gasteiger partial charge in [-0.1, -0.05) is 12.1 Å². The molecule has 1 aromatic heterocycles. The normalized spacial score (nSPS) is 18.3. The molecule has 122 valence electrons. The number of hydrogen-bond acceptors (Lipinski definition) is 3. The summed E-state index contributed by atoms with van der Waals surface area (Å²) < 4.78 is 1.98. The first kappa shape index (κ1) is 15.7. The molecule has 1 aromatic carbocycles. The largest absolute Gasteiger partial charge is 0.478 e.